The second kappa shape index (κ2) is 4.19. The molecule has 0 aromatic heterocycles. The van der Waals surface area contributed by atoms with E-state index in [0.717, 1.165) is 18.4 Å². The molecule has 0 fully saturated rings. The Hall–Kier alpha value is -1.08. The van der Waals surface area contributed by atoms with Gasteiger partial charge in [0.1, 0.15) is 0 Å². The van der Waals surface area contributed by atoms with Gasteiger partial charge in [0.05, 0.1) is 5.02 Å². The van der Waals surface area contributed by atoms with Gasteiger partial charge in [0, 0.05) is 5.56 Å². The van der Waals surface area contributed by atoms with E-state index in [4.69, 9.17) is 11.6 Å². The van der Waals surface area contributed by atoms with Crippen LogP contribution in [0.15, 0.2) is 24.3 Å². The van der Waals surface area contributed by atoms with Crippen LogP contribution >= 0.6 is 11.6 Å². The fourth-order valence-electron chi connectivity index (χ4n) is 2.07. The van der Waals surface area contributed by atoms with Gasteiger partial charge >= 0.3 is 0 Å². The van der Waals surface area contributed by atoms with Crippen molar-refractivity contribution in [3.05, 3.63) is 40.4 Å². The van der Waals surface area contributed by atoms with Crippen LogP contribution in [0.2, 0.25) is 5.02 Å². The molecule has 1 aromatic carbocycles. The summed E-state index contributed by atoms with van der Waals surface area (Å²) in [5.74, 6) is 0.0448. The van der Waals surface area contributed by atoms with Gasteiger partial charge in [-0.1, -0.05) is 29.8 Å². The maximum absolute atomic E-state index is 11.5. The van der Waals surface area contributed by atoms with Crippen molar-refractivity contribution in [2.24, 2.45) is 0 Å². The van der Waals surface area contributed by atoms with Crippen LogP contribution in [0.4, 0.5) is 0 Å². The molecule has 0 radical (unpaired) electrons. The molecule has 2 rings (SSSR count). The van der Waals surface area contributed by atoms with E-state index in [0.29, 0.717) is 10.6 Å². The summed E-state index contributed by atoms with van der Waals surface area (Å²) >= 11 is 6.05. The molecule has 1 aromatic rings. The average molecular weight is 221 g/mol. The number of benzene rings is 1. The molecule has 0 bridgehead atoms. The summed E-state index contributed by atoms with van der Waals surface area (Å²) in [6.45, 7) is 1.57. The Morgan fingerprint density at radius 3 is 2.80 bits per heavy atom. The van der Waals surface area contributed by atoms with Crippen LogP contribution in [0.3, 0.4) is 0 Å². The molecule has 0 saturated carbocycles. The van der Waals surface area contributed by atoms with Crippen molar-refractivity contribution in [3.63, 3.8) is 0 Å². The smallest absolute Gasteiger partial charge is 0.161 e. The molecule has 0 atom stereocenters. The lowest BCUT2D eigenvalue weighted by atomic mass is 9.97. The van der Waals surface area contributed by atoms with Gasteiger partial charge in [0.15, 0.2) is 5.78 Å². The minimum absolute atomic E-state index is 0.0448. The number of ketones is 1. The molecule has 0 saturated heterocycles. The van der Waals surface area contributed by atoms with E-state index in [9.17, 15) is 4.79 Å². The molecule has 0 N–H and O–H groups in total. The number of hydrogen-bond donors (Lipinski definition) is 0. The standard InChI is InChI=1S/C13H13ClO/c1-9(15)13-11(7-4-8-12(13)14)10-5-2-3-6-10/h4-5,7-8H,2-3,6H2,1H3. The van der Waals surface area contributed by atoms with Crippen LogP contribution in [-0.2, 0) is 0 Å². The largest absolute Gasteiger partial charge is 0.294 e. The Morgan fingerprint density at radius 1 is 1.40 bits per heavy atom. The van der Waals surface area contributed by atoms with Gasteiger partial charge in [-0.25, -0.2) is 0 Å². The van der Waals surface area contributed by atoms with Crippen LogP contribution < -0.4 is 0 Å². The van der Waals surface area contributed by atoms with Crippen LogP contribution in [0.1, 0.15) is 42.1 Å². The molecule has 15 heavy (non-hydrogen) atoms. The Labute approximate surface area is 94.8 Å². The van der Waals surface area contributed by atoms with Gasteiger partial charge in [0.2, 0.25) is 0 Å². The quantitative estimate of drug-likeness (QED) is 0.686. The fourth-order valence-corrected chi connectivity index (χ4v) is 2.37. The van der Waals surface area contributed by atoms with Crippen molar-refractivity contribution < 1.29 is 4.79 Å². The lowest BCUT2D eigenvalue weighted by Gasteiger charge is -2.09. The molecule has 0 amide bonds. The normalized spacial score (nSPS) is 15.2. The van der Waals surface area contributed by atoms with Crippen LogP contribution in [-0.4, -0.2) is 5.78 Å². The lowest BCUT2D eigenvalue weighted by molar-refractivity contribution is 0.101. The topological polar surface area (TPSA) is 17.1 Å². The highest BCUT2D eigenvalue weighted by atomic mass is 35.5. The predicted octanol–water partition coefficient (Wildman–Crippen LogP) is 4.11. The monoisotopic (exact) mass is 220 g/mol. The first-order chi connectivity index (χ1) is 7.20. The zero-order valence-electron chi connectivity index (χ0n) is 8.72. The van der Waals surface area contributed by atoms with Crippen LogP contribution in [0.5, 0.6) is 0 Å². The number of carbonyl (C=O) groups is 1. The minimum Gasteiger partial charge on any atom is -0.294 e. The summed E-state index contributed by atoms with van der Waals surface area (Å²) in [6.07, 6.45) is 5.55. The van der Waals surface area contributed by atoms with Crippen molar-refractivity contribution in [1.29, 1.82) is 0 Å². The highest BCUT2D eigenvalue weighted by molar-refractivity contribution is 6.34. The number of Topliss-reactive ketones (excluding diaryl/α,β-unsaturated/α-hetero) is 1. The van der Waals surface area contributed by atoms with Crippen LogP contribution in [0, 0.1) is 0 Å². The zero-order chi connectivity index (χ0) is 10.8. The first-order valence-corrected chi connectivity index (χ1v) is 5.57. The van der Waals surface area contributed by atoms with Gasteiger partial charge in [0.25, 0.3) is 0 Å². The molecule has 2 heteroatoms. The SMILES string of the molecule is CC(=O)c1c(Cl)cccc1C1=CCCC1. The van der Waals surface area contributed by atoms with E-state index >= 15 is 0 Å². The van der Waals surface area contributed by atoms with Gasteiger partial charge in [-0.3, -0.25) is 4.79 Å². The van der Waals surface area contributed by atoms with Gasteiger partial charge in [-0.2, -0.15) is 0 Å². The van der Waals surface area contributed by atoms with E-state index in [1.165, 1.54) is 12.0 Å². The summed E-state index contributed by atoms with van der Waals surface area (Å²) < 4.78 is 0. The van der Waals surface area contributed by atoms with Gasteiger partial charge in [-0.15, -0.1) is 0 Å². The highest BCUT2D eigenvalue weighted by Gasteiger charge is 2.16. The minimum atomic E-state index is 0.0448. The molecule has 0 aliphatic heterocycles. The predicted molar refractivity (Wildman–Crippen MR) is 63.3 cm³/mol. The van der Waals surface area contributed by atoms with Crippen molar-refractivity contribution >= 4 is 23.0 Å². The Kier molecular flexibility index (Phi) is 2.92. The number of allylic oxidation sites excluding steroid dienone is 2. The third kappa shape index (κ3) is 1.98. The third-order valence-electron chi connectivity index (χ3n) is 2.75. The Bertz CT molecular complexity index is 432. The molecule has 78 valence electrons. The maximum atomic E-state index is 11.5. The highest BCUT2D eigenvalue weighted by Crippen LogP contribution is 2.32. The Balaban J connectivity index is 2.55. The van der Waals surface area contributed by atoms with E-state index in [1.54, 1.807) is 13.0 Å². The van der Waals surface area contributed by atoms with E-state index in [-0.39, 0.29) is 5.78 Å². The lowest BCUT2D eigenvalue weighted by Crippen LogP contribution is -1.99. The third-order valence-corrected chi connectivity index (χ3v) is 3.07. The zero-order valence-corrected chi connectivity index (χ0v) is 9.47. The van der Waals surface area contributed by atoms with E-state index in [1.807, 2.05) is 12.1 Å². The molecular weight excluding hydrogens is 208 g/mol. The summed E-state index contributed by atoms with van der Waals surface area (Å²) in [5, 5.41) is 0.563. The first kappa shape index (κ1) is 10.4. The van der Waals surface area contributed by atoms with Crippen LogP contribution in [0.25, 0.3) is 5.57 Å². The fraction of sp³-hybridized carbons (Fsp3) is 0.308. The summed E-state index contributed by atoms with van der Waals surface area (Å²) in [4.78, 5) is 11.5. The summed E-state index contributed by atoms with van der Waals surface area (Å²) in [6, 6.07) is 5.67. The molecule has 0 heterocycles. The molecular formula is C13H13ClO. The summed E-state index contributed by atoms with van der Waals surface area (Å²) in [7, 11) is 0. The maximum Gasteiger partial charge on any atom is 0.161 e. The van der Waals surface area contributed by atoms with Crippen molar-refractivity contribution in [3.8, 4) is 0 Å². The molecule has 1 aliphatic carbocycles. The molecule has 1 nitrogen and oxygen atoms in total. The number of rotatable bonds is 2. The number of halogens is 1. The van der Waals surface area contributed by atoms with Gasteiger partial charge < -0.3 is 0 Å². The second-order valence-corrected chi connectivity index (χ2v) is 4.25. The second-order valence-electron chi connectivity index (χ2n) is 3.84. The first-order valence-electron chi connectivity index (χ1n) is 5.19. The van der Waals surface area contributed by atoms with Crippen molar-refractivity contribution in [1.82, 2.24) is 0 Å². The molecule has 1 aliphatic rings. The summed E-state index contributed by atoms with van der Waals surface area (Å²) in [5.41, 5.74) is 2.96. The van der Waals surface area contributed by atoms with Crippen molar-refractivity contribution in [2.45, 2.75) is 26.2 Å². The average Bonchev–Trinajstić information content (AvgIpc) is 2.69. The van der Waals surface area contributed by atoms with E-state index in [2.05, 4.69) is 6.08 Å². The molecule has 0 spiro atoms. The number of carbonyl (C=O) groups excluding carboxylic acids is 1. The van der Waals surface area contributed by atoms with Crippen molar-refractivity contribution in [2.75, 3.05) is 0 Å². The van der Waals surface area contributed by atoms with E-state index < -0.39 is 0 Å². The Morgan fingerprint density at radius 2 is 2.20 bits per heavy atom. The van der Waals surface area contributed by atoms with Gasteiger partial charge in [-0.05, 0) is 43.4 Å². The number of hydrogen-bond acceptors (Lipinski definition) is 1. The molecule has 0 unspecified atom stereocenters.